The molecule has 0 saturated carbocycles. The lowest BCUT2D eigenvalue weighted by molar-refractivity contribution is -0.149. The molecule has 0 radical (unpaired) electrons. The fourth-order valence-electron chi connectivity index (χ4n) is 1.55. The number of carbonyl (C=O) groups excluding carboxylic acids is 1. The van der Waals surface area contributed by atoms with Gasteiger partial charge in [0.25, 0.3) is 0 Å². The van der Waals surface area contributed by atoms with E-state index in [0.717, 1.165) is 0 Å². The number of carboxylic acids is 1. The first-order valence-electron chi connectivity index (χ1n) is 6.07. The number of nitrogens with two attached hydrogens (primary N) is 1. The van der Waals surface area contributed by atoms with Gasteiger partial charge in [0.05, 0.1) is 11.5 Å². The van der Waals surface area contributed by atoms with Crippen molar-refractivity contribution in [1.82, 2.24) is 5.32 Å². The molecule has 100 valence electrons. The van der Waals surface area contributed by atoms with Crippen molar-refractivity contribution in [2.75, 3.05) is 6.54 Å². The molecule has 1 amide bonds. The molecule has 0 unspecified atom stereocenters. The molecule has 5 nitrogen and oxygen atoms in total. The van der Waals surface area contributed by atoms with Crippen LogP contribution in [0.1, 0.15) is 40.5 Å². The first-order valence-corrected chi connectivity index (χ1v) is 6.07. The van der Waals surface area contributed by atoms with Gasteiger partial charge in [0.2, 0.25) is 5.91 Å². The summed E-state index contributed by atoms with van der Waals surface area (Å²) in [4.78, 5) is 22.9. The predicted octanol–water partition coefficient (Wildman–Crippen LogP) is 0.977. The highest BCUT2D eigenvalue weighted by Gasteiger charge is 2.35. The van der Waals surface area contributed by atoms with E-state index in [1.54, 1.807) is 0 Å². The van der Waals surface area contributed by atoms with Gasteiger partial charge in [0.1, 0.15) is 0 Å². The second-order valence-electron chi connectivity index (χ2n) is 4.78. The number of carboxylic acid groups (broad SMARTS) is 1. The Kier molecular flexibility index (Phi) is 6.16. The third kappa shape index (κ3) is 4.00. The lowest BCUT2D eigenvalue weighted by Gasteiger charge is -2.28. The fourth-order valence-corrected chi connectivity index (χ4v) is 1.55. The lowest BCUT2D eigenvalue weighted by Crippen LogP contribution is -2.49. The van der Waals surface area contributed by atoms with Gasteiger partial charge in [-0.3, -0.25) is 9.59 Å². The van der Waals surface area contributed by atoms with Gasteiger partial charge in [0.15, 0.2) is 0 Å². The molecule has 0 spiro atoms. The molecule has 17 heavy (non-hydrogen) atoms. The first-order chi connectivity index (χ1) is 7.80. The van der Waals surface area contributed by atoms with Crippen LogP contribution in [0.15, 0.2) is 0 Å². The third-order valence-electron chi connectivity index (χ3n) is 3.43. The summed E-state index contributed by atoms with van der Waals surface area (Å²) < 4.78 is 0. The third-order valence-corrected chi connectivity index (χ3v) is 3.43. The molecule has 0 aliphatic carbocycles. The molecular formula is C12H24N2O3. The molecule has 1 atom stereocenters. The smallest absolute Gasteiger partial charge is 0.311 e. The summed E-state index contributed by atoms with van der Waals surface area (Å²) in [6.07, 6.45) is 0.964. The van der Waals surface area contributed by atoms with Crippen LogP contribution in [0.5, 0.6) is 0 Å². The summed E-state index contributed by atoms with van der Waals surface area (Å²) in [5.74, 6) is -1.12. The van der Waals surface area contributed by atoms with E-state index in [4.69, 9.17) is 5.73 Å². The summed E-state index contributed by atoms with van der Waals surface area (Å²) in [7, 11) is 0. The number of carbonyl (C=O) groups is 2. The number of amides is 1. The van der Waals surface area contributed by atoms with Gasteiger partial charge < -0.3 is 16.2 Å². The monoisotopic (exact) mass is 244 g/mol. The second kappa shape index (κ2) is 6.59. The van der Waals surface area contributed by atoms with Crippen molar-refractivity contribution < 1.29 is 14.7 Å². The van der Waals surface area contributed by atoms with Crippen LogP contribution in [0.4, 0.5) is 0 Å². The van der Waals surface area contributed by atoms with Gasteiger partial charge in [0, 0.05) is 6.54 Å². The molecule has 4 N–H and O–H groups in total. The topological polar surface area (TPSA) is 92.4 Å². The van der Waals surface area contributed by atoms with Gasteiger partial charge in [-0.2, -0.15) is 0 Å². The van der Waals surface area contributed by atoms with E-state index < -0.39 is 17.4 Å². The Morgan fingerprint density at radius 2 is 1.76 bits per heavy atom. The van der Waals surface area contributed by atoms with Crippen LogP contribution in [-0.2, 0) is 9.59 Å². The highest BCUT2D eigenvalue weighted by molar-refractivity contribution is 5.83. The van der Waals surface area contributed by atoms with Crippen molar-refractivity contribution >= 4 is 11.9 Å². The Morgan fingerprint density at radius 1 is 1.29 bits per heavy atom. The first kappa shape index (κ1) is 15.9. The van der Waals surface area contributed by atoms with E-state index >= 15 is 0 Å². The minimum Gasteiger partial charge on any atom is -0.481 e. The molecule has 0 rings (SSSR count). The van der Waals surface area contributed by atoms with Crippen molar-refractivity contribution in [3.8, 4) is 0 Å². The van der Waals surface area contributed by atoms with Gasteiger partial charge in [-0.15, -0.1) is 0 Å². The van der Waals surface area contributed by atoms with E-state index in [1.165, 1.54) is 0 Å². The molecule has 0 aliphatic heterocycles. The van der Waals surface area contributed by atoms with Crippen LogP contribution in [0.3, 0.4) is 0 Å². The van der Waals surface area contributed by atoms with Gasteiger partial charge in [-0.25, -0.2) is 0 Å². The zero-order chi connectivity index (χ0) is 13.6. The van der Waals surface area contributed by atoms with Gasteiger partial charge in [-0.1, -0.05) is 27.7 Å². The molecule has 0 aromatic heterocycles. The summed E-state index contributed by atoms with van der Waals surface area (Å²) in [5.41, 5.74) is 4.81. The van der Waals surface area contributed by atoms with Crippen LogP contribution < -0.4 is 11.1 Å². The maximum Gasteiger partial charge on any atom is 0.311 e. The average Bonchev–Trinajstić information content (AvgIpc) is 2.29. The predicted molar refractivity (Wildman–Crippen MR) is 66.5 cm³/mol. The SMILES string of the molecule is CCC(CC)(CNC(=O)[C@H](N)C(C)C)C(=O)O. The second-order valence-corrected chi connectivity index (χ2v) is 4.78. The number of rotatable bonds is 7. The number of aliphatic carboxylic acids is 1. The van der Waals surface area contributed by atoms with Crippen LogP contribution >= 0.6 is 0 Å². The minimum atomic E-state index is -0.883. The van der Waals surface area contributed by atoms with E-state index in [9.17, 15) is 14.7 Å². The zero-order valence-corrected chi connectivity index (χ0v) is 11.1. The Labute approximate surface area is 103 Å². The van der Waals surface area contributed by atoms with Crippen molar-refractivity contribution in [1.29, 1.82) is 0 Å². The molecule has 0 heterocycles. The number of hydrogen-bond donors (Lipinski definition) is 3. The molecule has 0 aliphatic rings. The normalized spacial score (nSPS) is 13.5. The standard InChI is InChI=1S/C12H24N2O3/c1-5-12(6-2,11(16)17)7-14-10(15)9(13)8(3)4/h8-9H,5-7,13H2,1-4H3,(H,14,15)(H,16,17)/t9-/m1/s1. The summed E-state index contributed by atoms with van der Waals surface area (Å²) in [5, 5.41) is 11.8. The van der Waals surface area contributed by atoms with Gasteiger partial charge >= 0.3 is 5.97 Å². The Bertz CT molecular complexity index is 273. The fraction of sp³-hybridized carbons (Fsp3) is 0.833. The highest BCUT2D eigenvalue weighted by atomic mass is 16.4. The Balaban J connectivity index is 4.52. The summed E-state index contributed by atoms with van der Waals surface area (Å²) in [6.45, 7) is 7.47. The molecule has 0 aromatic rings. The molecule has 5 heteroatoms. The number of nitrogens with one attached hydrogen (secondary N) is 1. The molecule has 0 fully saturated rings. The number of hydrogen-bond acceptors (Lipinski definition) is 3. The van der Waals surface area contributed by atoms with E-state index in [0.29, 0.717) is 12.8 Å². The molecule has 0 saturated heterocycles. The Hall–Kier alpha value is -1.10. The van der Waals surface area contributed by atoms with E-state index in [2.05, 4.69) is 5.32 Å². The van der Waals surface area contributed by atoms with Crippen LogP contribution in [0, 0.1) is 11.3 Å². The van der Waals surface area contributed by atoms with Crippen LogP contribution in [0.25, 0.3) is 0 Å². The highest BCUT2D eigenvalue weighted by Crippen LogP contribution is 2.25. The van der Waals surface area contributed by atoms with Gasteiger partial charge in [-0.05, 0) is 18.8 Å². The van der Waals surface area contributed by atoms with Crippen LogP contribution in [0.2, 0.25) is 0 Å². The largest absolute Gasteiger partial charge is 0.481 e. The maximum atomic E-state index is 11.7. The molecule has 0 bridgehead atoms. The summed E-state index contributed by atoms with van der Waals surface area (Å²) >= 11 is 0. The molecule has 0 aromatic carbocycles. The van der Waals surface area contributed by atoms with Crippen molar-refractivity contribution in [3.05, 3.63) is 0 Å². The minimum absolute atomic E-state index is 0.0393. The quantitative estimate of drug-likeness (QED) is 0.622. The summed E-state index contributed by atoms with van der Waals surface area (Å²) in [6, 6.07) is -0.588. The Morgan fingerprint density at radius 3 is 2.06 bits per heavy atom. The van der Waals surface area contributed by atoms with E-state index in [1.807, 2.05) is 27.7 Å². The van der Waals surface area contributed by atoms with Crippen molar-refractivity contribution in [3.63, 3.8) is 0 Å². The average molecular weight is 244 g/mol. The van der Waals surface area contributed by atoms with Crippen molar-refractivity contribution in [2.24, 2.45) is 17.1 Å². The lowest BCUT2D eigenvalue weighted by atomic mass is 9.82. The maximum absolute atomic E-state index is 11.7. The molecular weight excluding hydrogens is 220 g/mol. The van der Waals surface area contributed by atoms with Crippen molar-refractivity contribution in [2.45, 2.75) is 46.6 Å². The van der Waals surface area contributed by atoms with E-state index in [-0.39, 0.29) is 18.4 Å². The zero-order valence-electron chi connectivity index (χ0n) is 11.1. The van der Waals surface area contributed by atoms with Crippen LogP contribution in [-0.4, -0.2) is 29.6 Å².